The fraction of sp³-hybridized carbons (Fsp3) is 0. The van der Waals surface area contributed by atoms with Crippen molar-refractivity contribution in [2.45, 2.75) is 0 Å². The largest absolute Gasteiger partial charge is 0.478 e. The van der Waals surface area contributed by atoms with Gasteiger partial charge in [0, 0.05) is 0 Å². The quantitative estimate of drug-likeness (QED) is 0.865. The minimum Gasteiger partial charge on any atom is -0.478 e. The van der Waals surface area contributed by atoms with Crippen molar-refractivity contribution in [1.82, 2.24) is 0 Å². The number of carboxylic acids is 1. The molecule has 2 aromatic rings. The number of aromatic carboxylic acids is 1. The first-order valence-electron chi connectivity index (χ1n) is 4.93. The Morgan fingerprint density at radius 2 is 1.76 bits per heavy atom. The normalized spacial score (nSPS) is 9.94. The molecule has 0 unspecified atom stereocenters. The summed E-state index contributed by atoms with van der Waals surface area (Å²) in [5.74, 6) is -0.632. The predicted molar refractivity (Wildman–Crippen MR) is 73.5 cm³/mol. The van der Waals surface area contributed by atoms with Crippen LogP contribution in [0.3, 0.4) is 0 Å². The Balaban J connectivity index is 2.51. The molecular formula is C13H9IO3. The summed E-state index contributed by atoms with van der Waals surface area (Å²) in [6.07, 6.45) is 0. The first-order chi connectivity index (χ1) is 8.22. The van der Waals surface area contributed by atoms with Gasteiger partial charge in [0.1, 0.15) is 11.3 Å². The zero-order chi connectivity index (χ0) is 12.3. The molecular weight excluding hydrogens is 331 g/mol. The van der Waals surface area contributed by atoms with E-state index in [1.165, 1.54) is 0 Å². The average Bonchev–Trinajstić information content (AvgIpc) is 2.39. The van der Waals surface area contributed by atoms with Crippen molar-refractivity contribution >= 4 is 29.0 Å². The number of carbonyl (C=O) groups is 1. The Bertz CT molecular complexity index is 538. The molecule has 1 N–H and O–H groups in total. The van der Waals surface area contributed by atoms with Gasteiger partial charge in [0.25, 0.3) is 0 Å². The minimum absolute atomic E-state index is 0.167. The number of rotatable bonds is 3. The maximum atomic E-state index is 11.1. The van der Waals surface area contributed by atoms with Crippen LogP contribution in [0.25, 0.3) is 11.1 Å². The van der Waals surface area contributed by atoms with Gasteiger partial charge in [0.05, 0.1) is 0 Å². The van der Waals surface area contributed by atoms with Gasteiger partial charge in [0.2, 0.25) is 0 Å². The Hall–Kier alpha value is -1.56. The van der Waals surface area contributed by atoms with Gasteiger partial charge in [-0.2, -0.15) is 0 Å². The Morgan fingerprint density at radius 3 is 2.35 bits per heavy atom. The lowest BCUT2D eigenvalue weighted by molar-refractivity contribution is 0.0695. The Morgan fingerprint density at radius 1 is 1.06 bits per heavy atom. The van der Waals surface area contributed by atoms with E-state index in [1.54, 1.807) is 35.1 Å². The summed E-state index contributed by atoms with van der Waals surface area (Å²) in [6, 6.07) is 14.7. The van der Waals surface area contributed by atoms with Crippen LogP contribution in [-0.2, 0) is 0 Å². The summed E-state index contributed by atoms with van der Waals surface area (Å²) < 4.78 is 4.99. The first kappa shape index (κ1) is 11.9. The van der Waals surface area contributed by atoms with E-state index in [1.807, 2.05) is 36.4 Å². The second-order valence-electron chi connectivity index (χ2n) is 3.46. The second kappa shape index (κ2) is 5.18. The van der Waals surface area contributed by atoms with Gasteiger partial charge >= 0.3 is 5.97 Å². The molecule has 0 saturated heterocycles. The maximum Gasteiger partial charge on any atom is 0.339 e. The number of benzene rings is 2. The van der Waals surface area contributed by atoms with Crippen molar-refractivity contribution in [2.24, 2.45) is 0 Å². The average molecular weight is 340 g/mol. The van der Waals surface area contributed by atoms with Gasteiger partial charge in [0.15, 0.2) is 23.0 Å². The van der Waals surface area contributed by atoms with E-state index >= 15 is 0 Å². The first-order valence-corrected chi connectivity index (χ1v) is 5.82. The molecule has 0 aromatic heterocycles. The summed E-state index contributed by atoms with van der Waals surface area (Å²) in [6.45, 7) is 0. The van der Waals surface area contributed by atoms with Crippen molar-refractivity contribution < 1.29 is 13.0 Å². The van der Waals surface area contributed by atoms with Crippen LogP contribution in [-0.4, -0.2) is 11.1 Å². The molecule has 0 atom stereocenters. The van der Waals surface area contributed by atoms with Crippen molar-refractivity contribution in [3.63, 3.8) is 0 Å². The second-order valence-corrected chi connectivity index (χ2v) is 3.90. The summed E-state index contributed by atoms with van der Waals surface area (Å²) in [5.41, 5.74) is 2.01. The van der Waals surface area contributed by atoms with Crippen LogP contribution in [0.2, 0.25) is 0 Å². The smallest absolute Gasteiger partial charge is 0.339 e. The van der Waals surface area contributed by atoms with Crippen molar-refractivity contribution in [1.29, 1.82) is 0 Å². The van der Waals surface area contributed by atoms with Crippen LogP contribution in [0.1, 0.15) is 10.4 Å². The van der Waals surface area contributed by atoms with E-state index < -0.39 is 5.97 Å². The number of halogens is 1. The lowest BCUT2D eigenvalue weighted by atomic mass is 10.0. The van der Waals surface area contributed by atoms with Crippen LogP contribution >= 0.6 is 23.0 Å². The van der Waals surface area contributed by atoms with Crippen LogP contribution in [0.5, 0.6) is 5.75 Å². The molecule has 2 rings (SSSR count). The van der Waals surface area contributed by atoms with E-state index in [9.17, 15) is 4.79 Å². The molecule has 0 radical (unpaired) electrons. The van der Waals surface area contributed by atoms with E-state index in [-0.39, 0.29) is 5.56 Å². The highest BCUT2D eigenvalue weighted by molar-refractivity contribution is 14.1. The van der Waals surface area contributed by atoms with E-state index in [0.717, 1.165) is 11.1 Å². The third-order valence-corrected chi connectivity index (χ3v) is 2.87. The lowest BCUT2D eigenvalue weighted by Crippen LogP contribution is -1.98. The Labute approximate surface area is 113 Å². The molecule has 0 aliphatic rings. The molecule has 2 aromatic carbocycles. The van der Waals surface area contributed by atoms with E-state index in [0.29, 0.717) is 5.75 Å². The zero-order valence-corrected chi connectivity index (χ0v) is 10.9. The highest BCUT2D eigenvalue weighted by atomic mass is 127. The third-order valence-electron chi connectivity index (χ3n) is 2.40. The molecule has 0 saturated carbocycles. The van der Waals surface area contributed by atoms with Crippen LogP contribution in [0.15, 0.2) is 48.5 Å². The molecule has 86 valence electrons. The van der Waals surface area contributed by atoms with Gasteiger partial charge < -0.3 is 8.17 Å². The molecule has 0 aliphatic heterocycles. The highest BCUT2D eigenvalue weighted by Crippen LogP contribution is 2.27. The predicted octanol–water partition coefficient (Wildman–Crippen LogP) is 3.78. The SMILES string of the molecule is O=C(O)c1cc(-c2ccccc2)ccc1OI. The summed E-state index contributed by atoms with van der Waals surface area (Å²) in [7, 11) is 0. The summed E-state index contributed by atoms with van der Waals surface area (Å²) >= 11 is 1.68. The maximum absolute atomic E-state index is 11.1. The number of carboxylic acid groups (broad SMARTS) is 1. The molecule has 0 fully saturated rings. The molecule has 3 nitrogen and oxygen atoms in total. The van der Waals surface area contributed by atoms with Gasteiger partial charge in [-0.15, -0.1) is 0 Å². The molecule has 0 heterocycles. The van der Waals surface area contributed by atoms with Crippen LogP contribution < -0.4 is 3.07 Å². The third kappa shape index (κ3) is 2.58. The lowest BCUT2D eigenvalue weighted by Gasteiger charge is -2.06. The van der Waals surface area contributed by atoms with Crippen LogP contribution in [0, 0.1) is 0 Å². The van der Waals surface area contributed by atoms with Crippen molar-refractivity contribution in [2.75, 3.05) is 0 Å². The summed E-state index contributed by atoms with van der Waals surface area (Å²) in [4.78, 5) is 11.1. The van der Waals surface area contributed by atoms with E-state index in [4.69, 9.17) is 8.17 Å². The Kier molecular flexibility index (Phi) is 3.63. The molecule has 0 spiro atoms. The monoisotopic (exact) mass is 340 g/mol. The van der Waals surface area contributed by atoms with Gasteiger partial charge in [-0.1, -0.05) is 36.4 Å². The minimum atomic E-state index is -0.991. The molecule has 0 bridgehead atoms. The molecule has 17 heavy (non-hydrogen) atoms. The van der Waals surface area contributed by atoms with Crippen molar-refractivity contribution in [3.8, 4) is 16.9 Å². The zero-order valence-electron chi connectivity index (χ0n) is 8.76. The number of hydrogen-bond donors (Lipinski definition) is 1. The number of hydrogen-bond acceptors (Lipinski definition) is 2. The fourth-order valence-electron chi connectivity index (χ4n) is 1.57. The van der Waals surface area contributed by atoms with Crippen LogP contribution in [0.4, 0.5) is 0 Å². The topological polar surface area (TPSA) is 46.5 Å². The van der Waals surface area contributed by atoms with Gasteiger partial charge in [-0.3, -0.25) is 0 Å². The van der Waals surface area contributed by atoms with Gasteiger partial charge in [-0.25, -0.2) is 4.79 Å². The fourth-order valence-corrected chi connectivity index (χ4v) is 1.96. The molecule has 4 heteroatoms. The summed E-state index contributed by atoms with van der Waals surface area (Å²) in [5, 5.41) is 9.08. The molecule has 0 amide bonds. The molecule has 0 aliphatic carbocycles. The van der Waals surface area contributed by atoms with Gasteiger partial charge in [-0.05, 0) is 23.3 Å². The van der Waals surface area contributed by atoms with Crippen molar-refractivity contribution in [3.05, 3.63) is 54.1 Å². The highest BCUT2D eigenvalue weighted by Gasteiger charge is 2.12. The standard InChI is InChI=1S/C13H9IO3/c14-17-12-7-6-10(8-11(12)13(15)16)9-4-2-1-3-5-9/h1-8H,(H,15,16). The van der Waals surface area contributed by atoms with E-state index in [2.05, 4.69) is 0 Å².